The van der Waals surface area contributed by atoms with Crippen molar-refractivity contribution in [3.05, 3.63) is 30.1 Å². The first-order valence-corrected chi connectivity index (χ1v) is 6.39. The third-order valence-electron chi connectivity index (χ3n) is 1.81. The molecular formula is C9H13N3O3S. The Hall–Kier alpha value is -1.47. The van der Waals surface area contributed by atoms with E-state index in [1.165, 1.54) is 6.20 Å². The zero-order valence-electron chi connectivity index (χ0n) is 8.59. The van der Waals surface area contributed by atoms with Crippen LogP contribution in [-0.2, 0) is 10.0 Å². The summed E-state index contributed by atoms with van der Waals surface area (Å²) in [5, 5.41) is 7.39. The van der Waals surface area contributed by atoms with Crippen LogP contribution in [0.15, 0.2) is 24.5 Å². The average molecular weight is 243 g/mol. The van der Waals surface area contributed by atoms with Gasteiger partial charge in [-0.05, 0) is 18.6 Å². The Labute approximate surface area is 93.9 Å². The van der Waals surface area contributed by atoms with Crippen molar-refractivity contribution >= 4 is 15.9 Å². The van der Waals surface area contributed by atoms with E-state index < -0.39 is 10.0 Å². The molecule has 1 aromatic heterocycles. The van der Waals surface area contributed by atoms with Crippen LogP contribution in [0.2, 0.25) is 0 Å². The lowest BCUT2D eigenvalue weighted by molar-refractivity contribution is 0.0953. The lowest BCUT2D eigenvalue weighted by atomic mass is 10.2. The Balaban J connectivity index is 2.32. The van der Waals surface area contributed by atoms with E-state index in [-0.39, 0.29) is 18.2 Å². The molecule has 6 nitrogen and oxygen atoms in total. The minimum Gasteiger partial charge on any atom is -0.352 e. The van der Waals surface area contributed by atoms with Gasteiger partial charge in [0.25, 0.3) is 5.91 Å². The fourth-order valence-electron chi connectivity index (χ4n) is 1.07. The van der Waals surface area contributed by atoms with Gasteiger partial charge in [0.15, 0.2) is 0 Å². The number of hydrogen-bond acceptors (Lipinski definition) is 4. The maximum absolute atomic E-state index is 11.4. The first-order valence-electron chi connectivity index (χ1n) is 4.68. The molecule has 0 bridgehead atoms. The first kappa shape index (κ1) is 12.6. The number of rotatable bonds is 5. The predicted octanol–water partition coefficient (Wildman–Crippen LogP) is -0.510. The second kappa shape index (κ2) is 5.57. The van der Waals surface area contributed by atoms with Gasteiger partial charge in [-0.1, -0.05) is 0 Å². The van der Waals surface area contributed by atoms with Gasteiger partial charge in [0, 0.05) is 18.9 Å². The largest absolute Gasteiger partial charge is 0.352 e. The molecule has 1 amide bonds. The number of primary sulfonamides is 1. The molecule has 88 valence electrons. The Bertz CT molecular complexity index is 444. The van der Waals surface area contributed by atoms with Crippen LogP contribution >= 0.6 is 0 Å². The normalized spacial score (nSPS) is 11.1. The van der Waals surface area contributed by atoms with E-state index in [0.717, 1.165) is 0 Å². The number of amides is 1. The summed E-state index contributed by atoms with van der Waals surface area (Å²) in [6.45, 7) is 0.268. The van der Waals surface area contributed by atoms with Gasteiger partial charge in [-0.15, -0.1) is 0 Å². The third kappa shape index (κ3) is 4.85. The van der Waals surface area contributed by atoms with Crippen molar-refractivity contribution in [1.82, 2.24) is 10.3 Å². The molecule has 0 aliphatic carbocycles. The zero-order valence-corrected chi connectivity index (χ0v) is 9.40. The van der Waals surface area contributed by atoms with Crippen molar-refractivity contribution in [1.29, 1.82) is 0 Å². The number of nitrogens with one attached hydrogen (secondary N) is 1. The highest BCUT2D eigenvalue weighted by atomic mass is 32.2. The van der Waals surface area contributed by atoms with Gasteiger partial charge in [-0.25, -0.2) is 13.6 Å². The number of sulfonamides is 1. The van der Waals surface area contributed by atoms with E-state index in [4.69, 9.17) is 5.14 Å². The van der Waals surface area contributed by atoms with Crippen molar-refractivity contribution in [3.8, 4) is 0 Å². The van der Waals surface area contributed by atoms with E-state index in [9.17, 15) is 13.2 Å². The predicted molar refractivity (Wildman–Crippen MR) is 59.2 cm³/mol. The van der Waals surface area contributed by atoms with Crippen LogP contribution in [0.4, 0.5) is 0 Å². The monoisotopic (exact) mass is 243 g/mol. The zero-order chi connectivity index (χ0) is 12.0. The molecule has 0 aromatic carbocycles. The number of nitrogens with two attached hydrogens (primary N) is 1. The Kier molecular flexibility index (Phi) is 4.39. The van der Waals surface area contributed by atoms with Gasteiger partial charge in [-0.3, -0.25) is 9.78 Å². The standard InChI is InChI=1S/C9H13N3O3S/c10-16(14,15)6-2-5-12-9(13)8-3-1-4-11-7-8/h1,3-4,7H,2,5-6H2,(H,12,13)(H2,10,14,15). The van der Waals surface area contributed by atoms with Crippen molar-refractivity contribution < 1.29 is 13.2 Å². The molecule has 0 atom stereocenters. The number of carbonyl (C=O) groups excluding carboxylic acids is 1. The minimum atomic E-state index is -3.45. The molecular weight excluding hydrogens is 230 g/mol. The maximum Gasteiger partial charge on any atom is 0.252 e. The minimum absolute atomic E-state index is 0.139. The first-order chi connectivity index (χ1) is 7.49. The third-order valence-corrected chi connectivity index (χ3v) is 2.67. The molecule has 16 heavy (non-hydrogen) atoms. The molecule has 3 N–H and O–H groups in total. The molecule has 0 saturated carbocycles. The van der Waals surface area contributed by atoms with Gasteiger partial charge >= 0.3 is 0 Å². The van der Waals surface area contributed by atoms with Crippen LogP contribution in [0.5, 0.6) is 0 Å². The fraction of sp³-hybridized carbons (Fsp3) is 0.333. The molecule has 1 aromatic rings. The van der Waals surface area contributed by atoms with Crippen LogP contribution in [0, 0.1) is 0 Å². The topological polar surface area (TPSA) is 102 Å². The molecule has 1 heterocycles. The second-order valence-electron chi connectivity index (χ2n) is 3.22. The van der Waals surface area contributed by atoms with Crippen molar-refractivity contribution in [2.24, 2.45) is 5.14 Å². The molecule has 0 aliphatic heterocycles. The van der Waals surface area contributed by atoms with Crippen LogP contribution < -0.4 is 10.5 Å². The Morgan fingerprint density at radius 2 is 2.25 bits per heavy atom. The molecule has 7 heteroatoms. The summed E-state index contributed by atoms with van der Waals surface area (Å²) >= 11 is 0. The molecule has 1 rings (SSSR count). The summed E-state index contributed by atoms with van der Waals surface area (Å²) in [6.07, 6.45) is 3.30. The van der Waals surface area contributed by atoms with Crippen LogP contribution in [-0.4, -0.2) is 31.6 Å². The second-order valence-corrected chi connectivity index (χ2v) is 4.95. The Morgan fingerprint density at radius 3 is 2.81 bits per heavy atom. The Morgan fingerprint density at radius 1 is 1.50 bits per heavy atom. The SMILES string of the molecule is NS(=O)(=O)CCCNC(=O)c1cccnc1. The number of pyridine rings is 1. The van der Waals surface area contributed by atoms with E-state index >= 15 is 0 Å². The van der Waals surface area contributed by atoms with Gasteiger partial charge in [-0.2, -0.15) is 0 Å². The highest BCUT2D eigenvalue weighted by molar-refractivity contribution is 7.89. The lowest BCUT2D eigenvalue weighted by Gasteiger charge is -2.03. The van der Waals surface area contributed by atoms with Crippen molar-refractivity contribution in [2.75, 3.05) is 12.3 Å². The van der Waals surface area contributed by atoms with Crippen molar-refractivity contribution in [2.45, 2.75) is 6.42 Å². The molecule has 0 spiro atoms. The summed E-state index contributed by atoms with van der Waals surface area (Å²) in [4.78, 5) is 15.2. The summed E-state index contributed by atoms with van der Waals surface area (Å²) in [6, 6.07) is 3.28. The molecule has 0 saturated heterocycles. The van der Waals surface area contributed by atoms with Gasteiger partial charge in [0.05, 0.1) is 11.3 Å². The molecule has 0 aliphatic rings. The van der Waals surface area contributed by atoms with Gasteiger partial charge in [0.2, 0.25) is 10.0 Å². The average Bonchev–Trinajstić information content (AvgIpc) is 2.24. The number of hydrogen-bond donors (Lipinski definition) is 2. The summed E-state index contributed by atoms with van der Waals surface area (Å²) in [5.74, 6) is -0.414. The van der Waals surface area contributed by atoms with E-state index in [0.29, 0.717) is 12.0 Å². The summed E-state index contributed by atoms with van der Waals surface area (Å²) < 4.78 is 21.2. The number of aromatic nitrogens is 1. The number of carbonyl (C=O) groups is 1. The van der Waals surface area contributed by atoms with E-state index in [1.54, 1.807) is 18.3 Å². The van der Waals surface area contributed by atoms with Crippen LogP contribution in [0.1, 0.15) is 16.8 Å². The summed E-state index contributed by atoms with van der Waals surface area (Å²) in [5.41, 5.74) is 0.443. The number of nitrogens with zero attached hydrogens (tertiary/aromatic N) is 1. The maximum atomic E-state index is 11.4. The highest BCUT2D eigenvalue weighted by Crippen LogP contribution is 1.95. The molecule has 0 radical (unpaired) electrons. The fourth-order valence-corrected chi connectivity index (χ4v) is 1.62. The van der Waals surface area contributed by atoms with E-state index in [1.807, 2.05) is 0 Å². The van der Waals surface area contributed by atoms with Crippen LogP contribution in [0.25, 0.3) is 0 Å². The smallest absolute Gasteiger partial charge is 0.252 e. The van der Waals surface area contributed by atoms with E-state index in [2.05, 4.69) is 10.3 Å². The molecule has 0 unspecified atom stereocenters. The molecule has 0 fully saturated rings. The lowest BCUT2D eigenvalue weighted by Crippen LogP contribution is -2.27. The van der Waals surface area contributed by atoms with Gasteiger partial charge in [0.1, 0.15) is 0 Å². The van der Waals surface area contributed by atoms with Crippen molar-refractivity contribution in [3.63, 3.8) is 0 Å². The summed E-state index contributed by atoms with van der Waals surface area (Å²) in [7, 11) is -3.45. The quantitative estimate of drug-likeness (QED) is 0.680. The van der Waals surface area contributed by atoms with Crippen LogP contribution in [0.3, 0.4) is 0 Å². The highest BCUT2D eigenvalue weighted by Gasteiger charge is 2.05. The van der Waals surface area contributed by atoms with Gasteiger partial charge < -0.3 is 5.32 Å².